The van der Waals surface area contributed by atoms with Crippen LogP contribution in [0.15, 0.2) is 42.5 Å². The number of carbonyl (C=O) groups excluding carboxylic acids is 1. The third kappa shape index (κ3) is 5.96. The molecule has 4 rings (SSSR count). The first-order chi connectivity index (χ1) is 15.0. The van der Waals surface area contributed by atoms with Crippen LogP contribution in [0.4, 0.5) is 5.69 Å². The SMILES string of the molecule is CC(=O)N1CCc2cc(CC(C)N3CCN(CCOc4ccccc4Cl)CC3)ccc21.Cl. The number of halogens is 2. The van der Waals surface area contributed by atoms with Gasteiger partial charge in [0.15, 0.2) is 0 Å². The topological polar surface area (TPSA) is 36.0 Å². The summed E-state index contributed by atoms with van der Waals surface area (Å²) in [5, 5.41) is 0.668. The third-order valence-electron chi connectivity index (χ3n) is 6.48. The molecule has 2 aliphatic rings. The fourth-order valence-electron chi connectivity index (χ4n) is 4.65. The largest absolute Gasteiger partial charge is 0.491 e. The van der Waals surface area contributed by atoms with Crippen molar-refractivity contribution in [3.8, 4) is 5.75 Å². The summed E-state index contributed by atoms with van der Waals surface area (Å²) in [6.07, 6.45) is 2.01. The number of nitrogens with zero attached hydrogens (tertiary/aromatic N) is 3. The Kier molecular flexibility index (Phi) is 8.83. The van der Waals surface area contributed by atoms with Gasteiger partial charge in [-0.1, -0.05) is 35.9 Å². The van der Waals surface area contributed by atoms with Crippen LogP contribution < -0.4 is 9.64 Å². The van der Waals surface area contributed by atoms with Gasteiger partial charge in [0.05, 0.1) is 5.02 Å². The molecule has 0 bridgehead atoms. The Morgan fingerprint density at radius 3 is 2.56 bits per heavy atom. The Morgan fingerprint density at radius 1 is 1.09 bits per heavy atom. The highest BCUT2D eigenvalue weighted by Crippen LogP contribution is 2.29. The lowest BCUT2D eigenvalue weighted by Gasteiger charge is -2.38. The summed E-state index contributed by atoms with van der Waals surface area (Å²) in [6, 6.07) is 14.8. The minimum Gasteiger partial charge on any atom is -0.491 e. The van der Waals surface area contributed by atoms with Crippen LogP contribution >= 0.6 is 24.0 Å². The molecule has 2 aliphatic heterocycles. The molecule has 2 heterocycles. The second kappa shape index (κ2) is 11.4. The Labute approximate surface area is 202 Å². The van der Waals surface area contributed by atoms with E-state index in [1.54, 1.807) is 6.92 Å². The average Bonchev–Trinajstić information content (AvgIpc) is 3.19. The predicted octanol–water partition coefficient (Wildman–Crippen LogP) is 4.30. The highest BCUT2D eigenvalue weighted by molar-refractivity contribution is 6.32. The Balaban J connectivity index is 0.00000289. The van der Waals surface area contributed by atoms with Crippen LogP contribution in [0.3, 0.4) is 0 Å². The van der Waals surface area contributed by atoms with E-state index in [0.717, 1.165) is 63.5 Å². The molecule has 1 saturated heterocycles. The number of rotatable bonds is 7. The molecule has 1 atom stereocenters. The first-order valence-electron chi connectivity index (χ1n) is 11.2. The summed E-state index contributed by atoms with van der Waals surface area (Å²) in [5.41, 5.74) is 3.77. The van der Waals surface area contributed by atoms with E-state index in [1.807, 2.05) is 29.2 Å². The summed E-state index contributed by atoms with van der Waals surface area (Å²) in [7, 11) is 0. The summed E-state index contributed by atoms with van der Waals surface area (Å²) < 4.78 is 5.84. The maximum Gasteiger partial charge on any atom is 0.223 e. The monoisotopic (exact) mass is 477 g/mol. The molecule has 0 aliphatic carbocycles. The van der Waals surface area contributed by atoms with Crippen molar-refractivity contribution < 1.29 is 9.53 Å². The molecule has 5 nitrogen and oxygen atoms in total. The summed E-state index contributed by atoms with van der Waals surface area (Å²) in [5.74, 6) is 0.896. The Hall–Kier alpha value is -1.79. The van der Waals surface area contributed by atoms with E-state index in [4.69, 9.17) is 16.3 Å². The van der Waals surface area contributed by atoms with Crippen molar-refractivity contribution in [2.24, 2.45) is 0 Å². The fraction of sp³-hybridized carbons (Fsp3) is 0.480. The molecule has 0 spiro atoms. The van der Waals surface area contributed by atoms with Gasteiger partial charge in [-0.05, 0) is 49.1 Å². The second-order valence-corrected chi connectivity index (χ2v) is 9.00. The fourth-order valence-corrected chi connectivity index (χ4v) is 4.84. The Morgan fingerprint density at radius 2 is 1.84 bits per heavy atom. The average molecular weight is 478 g/mol. The number of amides is 1. The molecule has 0 radical (unpaired) electrons. The number of anilines is 1. The number of carbonyl (C=O) groups is 1. The van der Waals surface area contributed by atoms with E-state index >= 15 is 0 Å². The summed E-state index contributed by atoms with van der Waals surface area (Å²) >= 11 is 6.16. The van der Waals surface area contributed by atoms with Crippen molar-refractivity contribution in [2.75, 3.05) is 50.8 Å². The van der Waals surface area contributed by atoms with E-state index in [1.165, 1.54) is 11.1 Å². The highest BCUT2D eigenvalue weighted by Gasteiger charge is 2.24. The molecule has 32 heavy (non-hydrogen) atoms. The van der Waals surface area contributed by atoms with Crippen LogP contribution in [0.2, 0.25) is 5.02 Å². The highest BCUT2D eigenvalue weighted by atomic mass is 35.5. The van der Waals surface area contributed by atoms with Crippen molar-refractivity contribution in [1.29, 1.82) is 0 Å². The number of benzene rings is 2. The second-order valence-electron chi connectivity index (χ2n) is 8.59. The molecule has 0 saturated carbocycles. The molecule has 0 N–H and O–H groups in total. The lowest BCUT2D eigenvalue weighted by atomic mass is 10.0. The molecule has 7 heteroatoms. The Bertz CT molecular complexity index is 916. The van der Waals surface area contributed by atoms with Gasteiger partial charge in [0, 0.05) is 57.9 Å². The van der Waals surface area contributed by atoms with E-state index in [-0.39, 0.29) is 18.3 Å². The lowest BCUT2D eigenvalue weighted by Crippen LogP contribution is -2.50. The van der Waals surface area contributed by atoms with Gasteiger partial charge in [-0.2, -0.15) is 0 Å². The van der Waals surface area contributed by atoms with Crippen molar-refractivity contribution in [3.05, 3.63) is 58.6 Å². The zero-order chi connectivity index (χ0) is 21.8. The minimum absolute atomic E-state index is 0. The van der Waals surface area contributed by atoms with Gasteiger partial charge in [-0.15, -0.1) is 12.4 Å². The zero-order valence-corrected chi connectivity index (χ0v) is 20.5. The van der Waals surface area contributed by atoms with Crippen molar-refractivity contribution in [2.45, 2.75) is 32.7 Å². The van der Waals surface area contributed by atoms with Crippen molar-refractivity contribution in [3.63, 3.8) is 0 Å². The summed E-state index contributed by atoms with van der Waals surface area (Å²) in [4.78, 5) is 18.7. The number of hydrogen-bond acceptors (Lipinski definition) is 4. The number of para-hydroxylation sites is 1. The van der Waals surface area contributed by atoms with Crippen LogP contribution in [-0.2, 0) is 17.6 Å². The van der Waals surface area contributed by atoms with Gasteiger partial charge < -0.3 is 9.64 Å². The summed E-state index contributed by atoms with van der Waals surface area (Å²) in [6.45, 7) is 10.6. The predicted molar refractivity (Wildman–Crippen MR) is 134 cm³/mol. The number of piperazine rings is 1. The van der Waals surface area contributed by atoms with Crippen molar-refractivity contribution >= 4 is 35.6 Å². The quantitative estimate of drug-likeness (QED) is 0.595. The first-order valence-corrected chi connectivity index (χ1v) is 11.6. The van der Waals surface area contributed by atoms with E-state index in [2.05, 4.69) is 34.9 Å². The van der Waals surface area contributed by atoms with Crippen LogP contribution in [0.25, 0.3) is 0 Å². The maximum absolute atomic E-state index is 11.8. The molecule has 2 aromatic carbocycles. The molecule has 174 valence electrons. The standard InChI is InChI=1S/C25H32ClN3O2.ClH/c1-19(17-21-7-8-24-22(18-21)9-10-29(24)20(2)30)28-13-11-27(12-14-28)15-16-31-25-6-4-3-5-23(25)26;/h3-8,18-19H,9-17H2,1-2H3;1H. The first kappa shape index (κ1) is 24.8. The number of ether oxygens (including phenoxy) is 1. The smallest absolute Gasteiger partial charge is 0.223 e. The third-order valence-corrected chi connectivity index (χ3v) is 6.79. The minimum atomic E-state index is 0. The van der Waals surface area contributed by atoms with E-state index in [9.17, 15) is 4.79 Å². The van der Waals surface area contributed by atoms with Crippen LogP contribution in [0.1, 0.15) is 25.0 Å². The molecule has 2 aromatic rings. The normalized spacial score (nSPS) is 17.5. The van der Waals surface area contributed by atoms with Gasteiger partial charge >= 0.3 is 0 Å². The molecular formula is C25H33Cl2N3O2. The van der Waals surface area contributed by atoms with Gasteiger partial charge in [0.1, 0.15) is 12.4 Å². The molecule has 1 amide bonds. The molecule has 1 fully saturated rings. The van der Waals surface area contributed by atoms with Crippen LogP contribution in [0, 0.1) is 0 Å². The molecule has 0 aromatic heterocycles. The van der Waals surface area contributed by atoms with E-state index in [0.29, 0.717) is 17.7 Å². The lowest BCUT2D eigenvalue weighted by molar-refractivity contribution is -0.116. The van der Waals surface area contributed by atoms with Gasteiger partial charge in [0.25, 0.3) is 0 Å². The van der Waals surface area contributed by atoms with Gasteiger partial charge in [0.2, 0.25) is 5.91 Å². The van der Waals surface area contributed by atoms with Crippen LogP contribution in [-0.4, -0.2) is 67.6 Å². The number of hydrogen-bond donors (Lipinski definition) is 0. The molecular weight excluding hydrogens is 445 g/mol. The van der Waals surface area contributed by atoms with Gasteiger partial charge in [-0.25, -0.2) is 0 Å². The molecule has 1 unspecified atom stereocenters. The zero-order valence-electron chi connectivity index (χ0n) is 18.9. The number of fused-ring (bicyclic) bond motifs is 1. The van der Waals surface area contributed by atoms with Gasteiger partial charge in [-0.3, -0.25) is 14.6 Å². The maximum atomic E-state index is 11.8. The van der Waals surface area contributed by atoms with Crippen LogP contribution in [0.5, 0.6) is 5.75 Å². The van der Waals surface area contributed by atoms with E-state index < -0.39 is 0 Å². The van der Waals surface area contributed by atoms with Crippen molar-refractivity contribution in [1.82, 2.24) is 9.80 Å².